The average molecular weight is 403 g/mol. The third-order valence-electron chi connectivity index (χ3n) is 3.73. The Morgan fingerprint density at radius 2 is 1.92 bits per heavy atom. The minimum absolute atomic E-state index is 0.00305. The molecule has 1 saturated heterocycles. The molecule has 1 aliphatic heterocycles. The van der Waals surface area contributed by atoms with Crippen LogP contribution in [0.4, 0.5) is 4.79 Å². The van der Waals surface area contributed by atoms with Gasteiger partial charge in [-0.25, -0.2) is 4.79 Å². The molecule has 1 fully saturated rings. The van der Waals surface area contributed by atoms with Gasteiger partial charge in [-0.2, -0.15) is 0 Å². The number of hydrogen-bond donors (Lipinski definition) is 2. The van der Waals surface area contributed by atoms with Crippen molar-refractivity contribution in [3.63, 3.8) is 0 Å². The summed E-state index contributed by atoms with van der Waals surface area (Å²) in [7, 11) is 1.44. The number of nitrogens with zero attached hydrogens (tertiary/aromatic N) is 1. The van der Waals surface area contributed by atoms with Gasteiger partial charge >= 0.3 is 6.03 Å². The van der Waals surface area contributed by atoms with Gasteiger partial charge in [-0.3, -0.25) is 9.69 Å². The number of nitrogens with one attached hydrogen (secondary N) is 1. The number of phenols is 1. The van der Waals surface area contributed by atoms with Crippen molar-refractivity contribution in [2.75, 3.05) is 7.11 Å². The SMILES string of the molecule is COc1cc(/C=C2/NC(=O)N(Cc3ccc(Br)cc3)C2=O)ccc1O. The van der Waals surface area contributed by atoms with Crippen LogP contribution in [0.5, 0.6) is 11.5 Å². The Morgan fingerprint density at radius 1 is 1.20 bits per heavy atom. The summed E-state index contributed by atoms with van der Waals surface area (Å²) in [6.07, 6.45) is 1.55. The second-order valence-electron chi connectivity index (χ2n) is 5.44. The van der Waals surface area contributed by atoms with Gasteiger partial charge in [0.1, 0.15) is 5.70 Å². The van der Waals surface area contributed by atoms with Crippen LogP contribution in [0, 0.1) is 0 Å². The number of rotatable bonds is 4. The lowest BCUT2D eigenvalue weighted by Crippen LogP contribution is -2.30. The van der Waals surface area contributed by atoms with E-state index in [2.05, 4.69) is 21.2 Å². The molecule has 2 N–H and O–H groups in total. The Bertz CT molecular complexity index is 862. The fraction of sp³-hybridized carbons (Fsp3) is 0.111. The highest BCUT2D eigenvalue weighted by molar-refractivity contribution is 9.10. The summed E-state index contributed by atoms with van der Waals surface area (Å²) in [5.74, 6) is -0.110. The highest BCUT2D eigenvalue weighted by Crippen LogP contribution is 2.27. The number of benzene rings is 2. The molecule has 0 unspecified atom stereocenters. The van der Waals surface area contributed by atoms with E-state index in [0.29, 0.717) is 5.56 Å². The lowest BCUT2D eigenvalue weighted by Gasteiger charge is -2.11. The topological polar surface area (TPSA) is 78.9 Å². The van der Waals surface area contributed by atoms with Crippen LogP contribution < -0.4 is 10.1 Å². The lowest BCUT2D eigenvalue weighted by atomic mass is 10.1. The maximum absolute atomic E-state index is 12.5. The number of hydrogen-bond acceptors (Lipinski definition) is 4. The normalized spacial score (nSPS) is 15.6. The van der Waals surface area contributed by atoms with Crippen molar-refractivity contribution in [3.05, 3.63) is 63.8 Å². The molecule has 0 saturated carbocycles. The molecule has 0 aliphatic carbocycles. The predicted molar refractivity (Wildman–Crippen MR) is 95.9 cm³/mol. The molecule has 2 aromatic carbocycles. The fourth-order valence-electron chi connectivity index (χ4n) is 2.44. The Balaban J connectivity index is 1.82. The molecular weight excluding hydrogens is 388 g/mol. The molecule has 1 heterocycles. The van der Waals surface area contributed by atoms with Crippen molar-refractivity contribution in [2.24, 2.45) is 0 Å². The predicted octanol–water partition coefficient (Wildman–Crippen LogP) is 3.26. The van der Waals surface area contributed by atoms with E-state index < -0.39 is 11.9 Å². The molecule has 0 spiro atoms. The minimum atomic E-state index is -0.468. The maximum atomic E-state index is 12.5. The number of amides is 3. The number of ether oxygens (including phenoxy) is 1. The summed E-state index contributed by atoms with van der Waals surface area (Å²) in [4.78, 5) is 25.8. The lowest BCUT2D eigenvalue weighted by molar-refractivity contribution is -0.123. The van der Waals surface area contributed by atoms with Crippen LogP contribution in [0.25, 0.3) is 6.08 Å². The Labute approximate surface area is 152 Å². The molecule has 0 radical (unpaired) electrons. The number of phenolic OH excluding ortho intramolecular Hbond substituents is 1. The molecule has 6 nitrogen and oxygen atoms in total. The van der Waals surface area contributed by atoms with Gasteiger partial charge in [0.2, 0.25) is 0 Å². The Hall–Kier alpha value is -2.80. The van der Waals surface area contributed by atoms with Gasteiger partial charge in [-0.05, 0) is 41.5 Å². The first-order chi connectivity index (χ1) is 12.0. The van der Waals surface area contributed by atoms with Crippen LogP contribution in [0.15, 0.2) is 52.6 Å². The van der Waals surface area contributed by atoms with Crippen molar-refractivity contribution < 1.29 is 19.4 Å². The molecule has 3 amide bonds. The van der Waals surface area contributed by atoms with E-state index in [-0.39, 0.29) is 23.7 Å². The number of urea groups is 1. The summed E-state index contributed by atoms with van der Waals surface area (Å²) in [6, 6.07) is 11.6. The molecule has 1 aliphatic rings. The second kappa shape index (κ2) is 6.98. The molecule has 0 atom stereocenters. The average Bonchev–Trinajstić information content (AvgIpc) is 2.86. The van der Waals surface area contributed by atoms with Gasteiger partial charge < -0.3 is 15.2 Å². The van der Waals surface area contributed by atoms with Crippen LogP contribution in [0.3, 0.4) is 0 Å². The molecule has 0 bridgehead atoms. The maximum Gasteiger partial charge on any atom is 0.329 e. The van der Waals surface area contributed by atoms with Crippen LogP contribution >= 0.6 is 15.9 Å². The number of imide groups is 1. The van der Waals surface area contributed by atoms with Crippen molar-refractivity contribution in [1.29, 1.82) is 0 Å². The quantitative estimate of drug-likeness (QED) is 0.607. The Morgan fingerprint density at radius 3 is 2.60 bits per heavy atom. The number of carbonyl (C=O) groups excluding carboxylic acids is 2. The standard InChI is InChI=1S/C18H15BrN2O4/c1-25-16-9-12(4-7-15(16)22)8-14-17(23)21(18(24)20-14)10-11-2-5-13(19)6-3-11/h2-9,22H,10H2,1H3,(H,20,24)/b14-8+. The zero-order chi connectivity index (χ0) is 18.0. The molecular formula is C18H15BrN2O4. The second-order valence-corrected chi connectivity index (χ2v) is 6.35. The van der Waals surface area contributed by atoms with Gasteiger partial charge in [0, 0.05) is 4.47 Å². The molecule has 25 heavy (non-hydrogen) atoms. The third-order valence-corrected chi connectivity index (χ3v) is 4.26. The van der Waals surface area contributed by atoms with Crippen molar-refractivity contribution in [3.8, 4) is 11.5 Å². The monoisotopic (exact) mass is 402 g/mol. The van der Waals surface area contributed by atoms with E-state index in [1.54, 1.807) is 18.2 Å². The van der Waals surface area contributed by atoms with Crippen LogP contribution in [-0.2, 0) is 11.3 Å². The van der Waals surface area contributed by atoms with Gasteiger partial charge in [0.05, 0.1) is 13.7 Å². The smallest absolute Gasteiger partial charge is 0.329 e. The molecule has 0 aromatic heterocycles. The first-order valence-electron chi connectivity index (χ1n) is 7.44. The van der Waals surface area contributed by atoms with E-state index in [9.17, 15) is 14.7 Å². The van der Waals surface area contributed by atoms with Crippen LogP contribution in [0.2, 0.25) is 0 Å². The van der Waals surface area contributed by atoms with Crippen LogP contribution in [-0.4, -0.2) is 29.1 Å². The van der Waals surface area contributed by atoms with Crippen molar-refractivity contribution in [1.82, 2.24) is 10.2 Å². The number of carbonyl (C=O) groups is 2. The van der Waals surface area contributed by atoms with E-state index in [4.69, 9.17) is 4.74 Å². The summed E-state index contributed by atoms with van der Waals surface area (Å²) in [5, 5.41) is 12.2. The summed E-state index contributed by atoms with van der Waals surface area (Å²) in [5.41, 5.74) is 1.65. The summed E-state index contributed by atoms with van der Waals surface area (Å²) >= 11 is 3.35. The van der Waals surface area contributed by atoms with E-state index in [0.717, 1.165) is 14.9 Å². The largest absolute Gasteiger partial charge is 0.504 e. The molecule has 3 rings (SSSR count). The zero-order valence-electron chi connectivity index (χ0n) is 13.3. The highest BCUT2D eigenvalue weighted by Gasteiger charge is 2.33. The van der Waals surface area contributed by atoms with E-state index >= 15 is 0 Å². The summed E-state index contributed by atoms with van der Waals surface area (Å²) in [6.45, 7) is 0.189. The third kappa shape index (κ3) is 3.66. The highest BCUT2D eigenvalue weighted by atomic mass is 79.9. The van der Waals surface area contributed by atoms with E-state index in [1.165, 1.54) is 13.2 Å². The number of aromatic hydroxyl groups is 1. The first kappa shape index (κ1) is 17.0. The Kier molecular flexibility index (Phi) is 4.76. The minimum Gasteiger partial charge on any atom is -0.504 e. The van der Waals surface area contributed by atoms with Crippen molar-refractivity contribution >= 4 is 33.9 Å². The van der Waals surface area contributed by atoms with Gasteiger partial charge in [-0.1, -0.05) is 34.1 Å². The zero-order valence-corrected chi connectivity index (χ0v) is 14.9. The van der Waals surface area contributed by atoms with Crippen LogP contribution in [0.1, 0.15) is 11.1 Å². The van der Waals surface area contributed by atoms with Gasteiger partial charge in [-0.15, -0.1) is 0 Å². The fourth-order valence-corrected chi connectivity index (χ4v) is 2.70. The molecule has 128 valence electrons. The summed E-state index contributed by atoms with van der Waals surface area (Å²) < 4.78 is 5.97. The molecule has 7 heteroatoms. The van der Waals surface area contributed by atoms with Crippen molar-refractivity contribution in [2.45, 2.75) is 6.54 Å². The van der Waals surface area contributed by atoms with E-state index in [1.807, 2.05) is 24.3 Å². The number of methoxy groups -OCH3 is 1. The molecule has 2 aromatic rings. The van der Waals surface area contributed by atoms with Gasteiger partial charge in [0.25, 0.3) is 5.91 Å². The number of halogens is 1. The van der Waals surface area contributed by atoms with Gasteiger partial charge in [0.15, 0.2) is 11.5 Å². The first-order valence-corrected chi connectivity index (χ1v) is 8.23.